The minimum absolute atomic E-state index is 0.0609. The van der Waals surface area contributed by atoms with Crippen molar-refractivity contribution in [3.05, 3.63) is 53.1 Å². The second kappa shape index (κ2) is 5.26. The summed E-state index contributed by atoms with van der Waals surface area (Å²) in [5.74, 6) is -1.85. The van der Waals surface area contributed by atoms with Gasteiger partial charge in [0.2, 0.25) is 0 Å². The van der Waals surface area contributed by atoms with E-state index in [0.29, 0.717) is 6.07 Å². The average Bonchev–Trinajstić information content (AvgIpc) is 2.35. The van der Waals surface area contributed by atoms with Gasteiger partial charge in [-0.15, -0.1) is 0 Å². The molecule has 2 rings (SSSR count). The van der Waals surface area contributed by atoms with Crippen molar-refractivity contribution in [2.24, 2.45) is 0 Å². The van der Waals surface area contributed by atoms with Gasteiger partial charge in [-0.2, -0.15) is 0 Å². The Labute approximate surface area is 119 Å². The van der Waals surface area contributed by atoms with Gasteiger partial charge in [-0.05, 0) is 30.3 Å². The molecule has 0 bridgehead atoms. The van der Waals surface area contributed by atoms with Gasteiger partial charge in [0, 0.05) is 11.8 Å². The van der Waals surface area contributed by atoms with E-state index in [0.717, 1.165) is 18.2 Å². The molecule has 2 aromatic carbocycles. The number of rotatable bonds is 3. The molecule has 0 heterocycles. The number of nitrogens with two attached hydrogens (primary N) is 1. The molecule has 0 spiro atoms. The van der Waals surface area contributed by atoms with E-state index in [-0.39, 0.29) is 21.3 Å². The lowest BCUT2D eigenvalue weighted by atomic mass is 10.3. The van der Waals surface area contributed by atoms with Gasteiger partial charge >= 0.3 is 0 Å². The van der Waals surface area contributed by atoms with Gasteiger partial charge in [-0.25, -0.2) is 17.2 Å². The molecule has 0 saturated carbocycles. The Hall–Kier alpha value is -1.86. The zero-order valence-electron chi connectivity index (χ0n) is 9.90. The van der Waals surface area contributed by atoms with Crippen LogP contribution in [0, 0.1) is 11.6 Å². The van der Waals surface area contributed by atoms with Crippen LogP contribution in [0.1, 0.15) is 0 Å². The van der Waals surface area contributed by atoms with E-state index < -0.39 is 21.7 Å². The first kappa shape index (κ1) is 14.5. The predicted octanol–water partition coefficient (Wildman–Crippen LogP) is 3.00. The standard InChI is InChI=1S/C12H9ClF2N2O2S/c13-9-3-2-8(16)6-12(9)20(18,19)17-11-4-1-7(14)5-10(11)15/h1-6,17H,16H2. The topological polar surface area (TPSA) is 72.2 Å². The van der Waals surface area contributed by atoms with Crippen molar-refractivity contribution >= 4 is 33.0 Å². The normalized spacial score (nSPS) is 11.3. The quantitative estimate of drug-likeness (QED) is 0.854. The highest BCUT2D eigenvalue weighted by Gasteiger charge is 2.20. The maximum atomic E-state index is 13.5. The first-order valence-electron chi connectivity index (χ1n) is 5.32. The SMILES string of the molecule is Nc1ccc(Cl)c(S(=O)(=O)Nc2ccc(F)cc2F)c1. The zero-order chi connectivity index (χ0) is 14.9. The van der Waals surface area contributed by atoms with Crippen LogP contribution in [0.3, 0.4) is 0 Å². The van der Waals surface area contributed by atoms with Crippen LogP contribution >= 0.6 is 11.6 Å². The number of nitrogens with one attached hydrogen (secondary N) is 1. The van der Waals surface area contributed by atoms with Gasteiger partial charge in [-0.1, -0.05) is 11.6 Å². The molecule has 3 N–H and O–H groups in total. The van der Waals surface area contributed by atoms with Gasteiger partial charge < -0.3 is 5.73 Å². The van der Waals surface area contributed by atoms with E-state index in [9.17, 15) is 17.2 Å². The fourth-order valence-electron chi connectivity index (χ4n) is 1.50. The summed E-state index contributed by atoms with van der Waals surface area (Å²) in [6.07, 6.45) is 0. The van der Waals surface area contributed by atoms with Crippen LogP contribution in [0.5, 0.6) is 0 Å². The highest BCUT2D eigenvalue weighted by molar-refractivity contribution is 7.92. The van der Waals surface area contributed by atoms with Gasteiger partial charge in [0.05, 0.1) is 10.7 Å². The third-order valence-electron chi connectivity index (χ3n) is 2.42. The van der Waals surface area contributed by atoms with Crippen molar-refractivity contribution in [2.75, 3.05) is 10.5 Å². The first-order chi connectivity index (χ1) is 9.29. The summed E-state index contributed by atoms with van der Waals surface area (Å²) in [7, 11) is -4.13. The molecule has 0 aliphatic rings. The van der Waals surface area contributed by atoms with E-state index in [1.807, 2.05) is 4.72 Å². The van der Waals surface area contributed by atoms with E-state index in [1.54, 1.807) is 0 Å². The lowest BCUT2D eigenvalue weighted by Gasteiger charge is -2.10. The second-order valence-electron chi connectivity index (χ2n) is 3.92. The number of hydrogen-bond donors (Lipinski definition) is 2. The van der Waals surface area contributed by atoms with Gasteiger partial charge in [0.1, 0.15) is 16.5 Å². The maximum Gasteiger partial charge on any atom is 0.263 e. The molecule has 0 saturated heterocycles. The van der Waals surface area contributed by atoms with Crippen LogP contribution in [0.2, 0.25) is 5.02 Å². The first-order valence-corrected chi connectivity index (χ1v) is 7.18. The third kappa shape index (κ3) is 3.00. The molecule has 8 heteroatoms. The van der Waals surface area contributed by atoms with E-state index in [1.165, 1.54) is 12.1 Å². The van der Waals surface area contributed by atoms with Crippen molar-refractivity contribution in [3.63, 3.8) is 0 Å². The van der Waals surface area contributed by atoms with E-state index >= 15 is 0 Å². The molecular weight excluding hydrogens is 310 g/mol. The lowest BCUT2D eigenvalue weighted by Crippen LogP contribution is -2.15. The molecule has 2 aromatic rings. The van der Waals surface area contributed by atoms with Crippen molar-refractivity contribution in [3.8, 4) is 0 Å². The fourth-order valence-corrected chi connectivity index (χ4v) is 3.10. The molecule has 4 nitrogen and oxygen atoms in total. The molecule has 0 aliphatic heterocycles. The summed E-state index contributed by atoms with van der Waals surface area (Å²) in [5, 5.41) is -0.0609. The summed E-state index contributed by atoms with van der Waals surface area (Å²) in [6.45, 7) is 0. The molecular formula is C12H9ClF2N2O2S. The van der Waals surface area contributed by atoms with Gasteiger partial charge in [0.15, 0.2) is 0 Å². The third-order valence-corrected chi connectivity index (χ3v) is 4.27. The van der Waals surface area contributed by atoms with Crippen molar-refractivity contribution in [1.82, 2.24) is 0 Å². The van der Waals surface area contributed by atoms with Crippen molar-refractivity contribution in [2.45, 2.75) is 4.90 Å². The predicted molar refractivity (Wildman–Crippen MR) is 73.0 cm³/mol. The van der Waals surface area contributed by atoms with Crippen LogP contribution in [0.4, 0.5) is 20.2 Å². The summed E-state index contributed by atoms with van der Waals surface area (Å²) < 4.78 is 52.4. The van der Waals surface area contributed by atoms with Crippen LogP contribution in [-0.2, 0) is 10.0 Å². The maximum absolute atomic E-state index is 13.5. The Morgan fingerprint density at radius 1 is 1.10 bits per heavy atom. The van der Waals surface area contributed by atoms with Gasteiger partial charge in [0.25, 0.3) is 10.0 Å². The van der Waals surface area contributed by atoms with Crippen molar-refractivity contribution in [1.29, 1.82) is 0 Å². The molecule has 0 amide bonds. The molecule has 0 radical (unpaired) electrons. The molecule has 0 fully saturated rings. The fraction of sp³-hybridized carbons (Fsp3) is 0. The second-order valence-corrected chi connectivity index (χ2v) is 5.98. The van der Waals surface area contributed by atoms with E-state index in [4.69, 9.17) is 17.3 Å². The number of nitrogen functional groups attached to an aromatic ring is 1. The van der Waals surface area contributed by atoms with Crippen LogP contribution in [-0.4, -0.2) is 8.42 Å². The molecule has 20 heavy (non-hydrogen) atoms. The summed E-state index contributed by atoms with van der Waals surface area (Å²) >= 11 is 5.78. The molecule has 0 unspecified atom stereocenters. The number of hydrogen-bond acceptors (Lipinski definition) is 3. The Morgan fingerprint density at radius 2 is 1.80 bits per heavy atom. The highest BCUT2D eigenvalue weighted by atomic mass is 35.5. The lowest BCUT2D eigenvalue weighted by molar-refractivity contribution is 0.583. The molecule has 0 aromatic heterocycles. The van der Waals surface area contributed by atoms with Crippen LogP contribution in [0.15, 0.2) is 41.3 Å². The average molecular weight is 319 g/mol. The Bertz CT molecular complexity index is 766. The summed E-state index contributed by atoms with van der Waals surface area (Å²) in [5.41, 5.74) is 5.30. The van der Waals surface area contributed by atoms with Crippen molar-refractivity contribution < 1.29 is 17.2 Å². The smallest absolute Gasteiger partial charge is 0.263 e. The van der Waals surface area contributed by atoms with Gasteiger partial charge in [-0.3, -0.25) is 4.72 Å². The molecule has 106 valence electrons. The molecule has 0 aliphatic carbocycles. The largest absolute Gasteiger partial charge is 0.399 e. The summed E-state index contributed by atoms with van der Waals surface area (Å²) in [6, 6.07) is 6.36. The van der Waals surface area contributed by atoms with Crippen LogP contribution < -0.4 is 10.5 Å². The molecule has 0 atom stereocenters. The zero-order valence-corrected chi connectivity index (χ0v) is 11.5. The monoisotopic (exact) mass is 318 g/mol. The Morgan fingerprint density at radius 3 is 2.45 bits per heavy atom. The summed E-state index contributed by atoms with van der Waals surface area (Å²) in [4.78, 5) is -0.289. The Kier molecular flexibility index (Phi) is 3.82. The number of benzene rings is 2. The highest BCUT2D eigenvalue weighted by Crippen LogP contribution is 2.26. The Balaban J connectivity index is 2.43. The number of sulfonamides is 1. The van der Waals surface area contributed by atoms with E-state index in [2.05, 4.69) is 0 Å². The van der Waals surface area contributed by atoms with Crippen LogP contribution in [0.25, 0.3) is 0 Å². The minimum atomic E-state index is -4.13. The number of anilines is 2. The number of halogens is 3. The minimum Gasteiger partial charge on any atom is -0.399 e.